The fourth-order valence-electron chi connectivity index (χ4n) is 0.918. The second-order valence-electron chi connectivity index (χ2n) is 3.59. The summed E-state index contributed by atoms with van der Waals surface area (Å²) in [4.78, 5) is 11.3. The van der Waals surface area contributed by atoms with Crippen LogP contribution >= 0.6 is 0 Å². The van der Waals surface area contributed by atoms with E-state index in [9.17, 15) is 4.79 Å². The average molecular weight is 198 g/mol. The topological polar surface area (TPSA) is 62.1 Å². The van der Waals surface area contributed by atoms with Crippen molar-refractivity contribution in [1.29, 1.82) is 5.26 Å². The number of hydrogen-bond donors (Lipinski definition) is 1. The second-order valence-corrected chi connectivity index (χ2v) is 3.59. The van der Waals surface area contributed by atoms with Crippen molar-refractivity contribution in [3.05, 3.63) is 0 Å². The van der Waals surface area contributed by atoms with Crippen molar-refractivity contribution < 1.29 is 9.53 Å². The summed E-state index contributed by atoms with van der Waals surface area (Å²) < 4.78 is 5.10. The molecule has 0 atom stereocenters. The van der Waals surface area contributed by atoms with Crippen molar-refractivity contribution in [2.75, 3.05) is 13.2 Å². The molecule has 4 nitrogen and oxygen atoms in total. The van der Waals surface area contributed by atoms with Crippen LogP contribution in [-0.2, 0) is 9.53 Å². The van der Waals surface area contributed by atoms with Crippen LogP contribution in [0.1, 0.15) is 33.6 Å². The van der Waals surface area contributed by atoms with Crippen LogP contribution < -0.4 is 5.32 Å². The molecule has 0 aliphatic carbocycles. The first kappa shape index (κ1) is 12.9. The van der Waals surface area contributed by atoms with Gasteiger partial charge in [0.05, 0.1) is 6.07 Å². The fourth-order valence-corrected chi connectivity index (χ4v) is 0.918. The van der Waals surface area contributed by atoms with Gasteiger partial charge < -0.3 is 10.1 Å². The molecule has 0 aromatic rings. The quantitative estimate of drug-likeness (QED) is 0.653. The molecule has 0 aromatic heterocycles. The normalized spacial score (nSPS) is 10.7. The van der Waals surface area contributed by atoms with Gasteiger partial charge in [-0.1, -0.05) is 0 Å². The van der Waals surface area contributed by atoms with Crippen molar-refractivity contribution in [2.24, 2.45) is 0 Å². The smallest absolute Gasteiger partial charge is 0.221 e. The highest BCUT2D eigenvalue weighted by Gasteiger charge is 2.18. The number of ether oxygens (including phenoxy) is 1. The van der Waals surface area contributed by atoms with E-state index in [4.69, 9.17) is 10.00 Å². The predicted octanol–water partition coefficient (Wildman–Crippen LogP) is 1.22. The van der Waals surface area contributed by atoms with E-state index in [0.717, 1.165) is 0 Å². The van der Waals surface area contributed by atoms with Crippen molar-refractivity contribution >= 4 is 5.91 Å². The van der Waals surface area contributed by atoms with E-state index in [1.807, 2.05) is 13.0 Å². The molecule has 1 N–H and O–H groups in total. The molecule has 0 heterocycles. The van der Waals surface area contributed by atoms with Crippen LogP contribution in [-0.4, -0.2) is 24.7 Å². The van der Waals surface area contributed by atoms with Gasteiger partial charge in [-0.2, -0.15) is 5.26 Å². The molecule has 0 bridgehead atoms. The number of rotatable bonds is 6. The van der Waals surface area contributed by atoms with Gasteiger partial charge in [-0.3, -0.25) is 4.79 Å². The first-order valence-electron chi connectivity index (χ1n) is 4.82. The molecular weight excluding hydrogens is 180 g/mol. The number of nitrogens with zero attached hydrogens (tertiary/aromatic N) is 1. The Morgan fingerprint density at radius 3 is 2.71 bits per heavy atom. The monoisotopic (exact) mass is 198 g/mol. The van der Waals surface area contributed by atoms with Crippen LogP contribution in [0.2, 0.25) is 0 Å². The first-order chi connectivity index (χ1) is 6.52. The zero-order valence-corrected chi connectivity index (χ0v) is 9.09. The minimum Gasteiger partial charge on any atom is -0.382 e. The maximum absolute atomic E-state index is 11.3. The zero-order chi connectivity index (χ0) is 11.0. The van der Waals surface area contributed by atoms with Crippen LogP contribution in [0.4, 0.5) is 0 Å². The Bertz CT molecular complexity index is 219. The maximum Gasteiger partial charge on any atom is 0.221 e. The van der Waals surface area contributed by atoms with Gasteiger partial charge in [0, 0.05) is 19.6 Å². The molecular formula is C10H18N2O2. The summed E-state index contributed by atoms with van der Waals surface area (Å²) in [5, 5.41) is 11.3. The highest BCUT2D eigenvalue weighted by Crippen LogP contribution is 2.00. The van der Waals surface area contributed by atoms with E-state index in [2.05, 4.69) is 5.32 Å². The molecule has 0 saturated heterocycles. The van der Waals surface area contributed by atoms with Gasteiger partial charge in [0.15, 0.2) is 0 Å². The number of carbonyl (C=O) groups is 1. The Morgan fingerprint density at radius 1 is 1.57 bits per heavy atom. The van der Waals surface area contributed by atoms with Crippen LogP contribution in [0.25, 0.3) is 0 Å². The lowest BCUT2D eigenvalue weighted by Gasteiger charge is -2.17. The van der Waals surface area contributed by atoms with E-state index in [0.29, 0.717) is 26.1 Å². The Hall–Kier alpha value is -1.08. The summed E-state index contributed by atoms with van der Waals surface area (Å²) in [6.07, 6.45) is 1.10. The van der Waals surface area contributed by atoms with Crippen molar-refractivity contribution in [3.8, 4) is 6.07 Å². The van der Waals surface area contributed by atoms with Crippen molar-refractivity contribution in [3.63, 3.8) is 0 Å². The molecule has 0 spiro atoms. The first-order valence-corrected chi connectivity index (χ1v) is 4.82. The predicted molar refractivity (Wildman–Crippen MR) is 53.6 cm³/mol. The lowest BCUT2D eigenvalue weighted by molar-refractivity contribution is -0.122. The lowest BCUT2D eigenvalue weighted by Crippen LogP contribution is -2.42. The molecule has 0 unspecified atom stereocenters. The number of nitriles is 1. The Labute approximate surface area is 85.2 Å². The highest BCUT2D eigenvalue weighted by molar-refractivity contribution is 5.77. The molecule has 0 saturated carbocycles. The summed E-state index contributed by atoms with van der Waals surface area (Å²) in [6.45, 7) is 6.53. The van der Waals surface area contributed by atoms with Gasteiger partial charge in [0.1, 0.15) is 5.54 Å². The van der Waals surface area contributed by atoms with Gasteiger partial charge in [0.2, 0.25) is 5.91 Å². The highest BCUT2D eigenvalue weighted by atomic mass is 16.5. The standard InChI is InChI=1S/C10H18N2O2/c1-4-14-7-5-6-9(13)12-10(2,3)8-11/h4-7H2,1-3H3,(H,12,13). The fraction of sp³-hybridized carbons (Fsp3) is 0.800. The van der Waals surface area contributed by atoms with Crippen LogP contribution in [0.15, 0.2) is 0 Å². The molecule has 0 fully saturated rings. The summed E-state index contributed by atoms with van der Waals surface area (Å²) in [7, 11) is 0. The summed E-state index contributed by atoms with van der Waals surface area (Å²) in [6, 6.07) is 2.01. The van der Waals surface area contributed by atoms with Gasteiger partial charge in [-0.25, -0.2) is 0 Å². The molecule has 14 heavy (non-hydrogen) atoms. The average Bonchev–Trinajstić information content (AvgIpc) is 2.12. The van der Waals surface area contributed by atoms with E-state index >= 15 is 0 Å². The van der Waals surface area contributed by atoms with Crippen molar-refractivity contribution in [1.82, 2.24) is 5.32 Å². The van der Waals surface area contributed by atoms with Crippen molar-refractivity contribution in [2.45, 2.75) is 39.2 Å². The van der Waals surface area contributed by atoms with Crippen LogP contribution in [0, 0.1) is 11.3 Å². The molecule has 80 valence electrons. The molecule has 0 aliphatic heterocycles. The van der Waals surface area contributed by atoms with Crippen LogP contribution in [0.3, 0.4) is 0 Å². The van der Waals surface area contributed by atoms with Gasteiger partial charge in [0.25, 0.3) is 0 Å². The van der Waals surface area contributed by atoms with E-state index < -0.39 is 5.54 Å². The molecule has 0 rings (SSSR count). The molecule has 0 radical (unpaired) electrons. The van der Waals surface area contributed by atoms with Gasteiger partial charge in [-0.05, 0) is 27.2 Å². The molecule has 0 aromatic carbocycles. The van der Waals surface area contributed by atoms with E-state index in [1.165, 1.54) is 0 Å². The van der Waals surface area contributed by atoms with Crippen LogP contribution in [0.5, 0.6) is 0 Å². The zero-order valence-electron chi connectivity index (χ0n) is 9.09. The van der Waals surface area contributed by atoms with E-state index in [-0.39, 0.29) is 5.91 Å². The van der Waals surface area contributed by atoms with Gasteiger partial charge >= 0.3 is 0 Å². The minimum atomic E-state index is -0.775. The Balaban J connectivity index is 3.62. The third-order valence-corrected chi connectivity index (χ3v) is 1.63. The number of carbonyl (C=O) groups excluding carboxylic acids is 1. The Kier molecular flexibility index (Phi) is 5.89. The SMILES string of the molecule is CCOCCCC(=O)NC(C)(C)C#N. The van der Waals surface area contributed by atoms with E-state index in [1.54, 1.807) is 13.8 Å². The number of hydrogen-bond acceptors (Lipinski definition) is 3. The largest absolute Gasteiger partial charge is 0.382 e. The Morgan fingerprint density at radius 2 is 2.21 bits per heavy atom. The summed E-state index contributed by atoms with van der Waals surface area (Å²) >= 11 is 0. The minimum absolute atomic E-state index is 0.101. The molecule has 4 heteroatoms. The number of nitrogens with one attached hydrogen (secondary N) is 1. The summed E-state index contributed by atoms with van der Waals surface area (Å²) in [5.41, 5.74) is -0.775. The summed E-state index contributed by atoms with van der Waals surface area (Å²) in [5.74, 6) is -0.101. The molecule has 0 aliphatic rings. The maximum atomic E-state index is 11.3. The lowest BCUT2D eigenvalue weighted by atomic mass is 10.1. The third kappa shape index (κ3) is 6.44. The number of amides is 1. The molecule has 1 amide bonds. The third-order valence-electron chi connectivity index (χ3n) is 1.63. The second kappa shape index (κ2) is 6.39. The van der Waals surface area contributed by atoms with Gasteiger partial charge in [-0.15, -0.1) is 0 Å².